The molecule has 0 saturated carbocycles. The molecule has 3 rings (SSSR count). The Hall–Kier alpha value is -2.29. The maximum Gasteiger partial charge on any atom is 0.417 e. The fourth-order valence-electron chi connectivity index (χ4n) is 2.60. The molecule has 10 heteroatoms. The summed E-state index contributed by atoms with van der Waals surface area (Å²) in [4.78, 5) is 17.9. The zero-order valence-corrected chi connectivity index (χ0v) is 15.7. The Labute approximate surface area is 158 Å². The highest BCUT2D eigenvalue weighted by molar-refractivity contribution is 6.33. The molecule has 0 bridgehead atoms. The van der Waals surface area contributed by atoms with Gasteiger partial charge in [-0.3, -0.25) is 0 Å². The van der Waals surface area contributed by atoms with Crippen LogP contribution in [0.4, 0.5) is 18.0 Å². The van der Waals surface area contributed by atoms with E-state index >= 15 is 0 Å². The molecule has 3 heterocycles. The van der Waals surface area contributed by atoms with Crippen LogP contribution in [0.15, 0.2) is 18.3 Å². The van der Waals surface area contributed by atoms with Crippen LogP contribution in [0.25, 0.3) is 11.2 Å². The third-order valence-corrected chi connectivity index (χ3v) is 4.14. The van der Waals surface area contributed by atoms with E-state index in [2.05, 4.69) is 10.1 Å². The molecule has 1 aliphatic rings. The SMILES string of the molecule is CC(C)(C)OC(=O)N1CC=C(c2nc3c(Cl)cc(C(F)(F)F)cn3n2)CC1. The molecule has 2 aromatic rings. The second-order valence-electron chi connectivity index (χ2n) is 7.18. The van der Waals surface area contributed by atoms with Gasteiger partial charge in [0, 0.05) is 19.3 Å². The highest BCUT2D eigenvalue weighted by atomic mass is 35.5. The summed E-state index contributed by atoms with van der Waals surface area (Å²) in [5.74, 6) is 0.292. The summed E-state index contributed by atoms with van der Waals surface area (Å²) >= 11 is 5.93. The first-order valence-electron chi connectivity index (χ1n) is 8.24. The first-order chi connectivity index (χ1) is 12.4. The molecule has 2 aromatic heterocycles. The fourth-order valence-corrected chi connectivity index (χ4v) is 2.85. The normalized spacial score (nSPS) is 15.8. The van der Waals surface area contributed by atoms with E-state index in [4.69, 9.17) is 16.3 Å². The summed E-state index contributed by atoms with van der Waals surface area (Å²) < 4.78 is 45.1. The summed E-state index contributed by atoms with van der Waals surface area (Å²) in [5.41, 5.74) is -0.597. The van der Waals surface area contributed by atoms with E-state index in [0.717, 1.165) is 22.4 Å². The molecule has 0 unspecified atom stereocenters. The molecule has 0 aliphatic carbocycles. The number of rotatable bonds is 1. The minimum Gasteiger partial charge on any atom is -0.444 e. The number of carbonyl (C=O) groups is 1. The van der Waals surface area contributed by atoms with Crippen molar-refractivity contribution in [3.05, 3.63) is 34.7 Å². The van der Waals surface area contributed by atoms with Gasteiger partial charge in [-0.25, -0.2) is 14.3 Å². The topological polar surface area (TPSA) is 59.7 Å². The van der Waals surface area contributed by atoms with Gasteiger partial charge in [-0.15, -0.1) is 5.10 Å². The second kappa shape index (κ2) is 6.70. The number of alkyl halides is 3. The Bertz CT molecular complexity index is 915. The van der Waals surface area contributed by atoms with E-state index in [-0.39, 0.29) is 10.7 Å². The number of carbonyl (C=O) groups excluding carboxylic acids is 1. The first kappa shape index (κ1) is 19.5. The average molecular weight is 403 g/mol. The number of pyridine rings is 1. The van der Waals surface area contributed by atoms with Gasteiger partial charge < -0.3 is 9.64 Å². The van der Waals surface area contributed by atoms with Crippen LogP contribution in [0.1, 0.15) is 38.6 Å². The van der Waals surface area contributed by atoms with Gasteiger partial charge in [-0.2, -0.15) is 13.2 Å². The number of nitrogens with zero attached hydrogens (tertiary/aromatic N) is 4. The number of aromatic nitrogens is 3. The third-order valence-electron chi connectivity index (χ3n) is 3.86. The summed E-state index contributed by atoms with van der Waals surface area (Å²) in [7, 11) is 0. The van der Waals surface area contributed by atoms with Crippen LogP contribution in [0.3, 0.4) is 0 Å². The standard InChI is InChI=1S/C17H18ClF3N4O2/c1-16(2,3)27-15(26)24-6-4-10(5-7-24)13-22-14-12(18)8-11(17(19,20)21)9-25(14)23-13/h4,8-9H,5-7H2,1-3H3. The molecule has 146 valence electrons. The summed E-state index contributed by atoms with van der Waals surface area (Å²) in [5, 5.41) is 3.99. The minimum absolute atomic E-state index is 0.129. The van der Waals surface area contributed by atoms with E-state index in [1.54, 1.807) is 31.7 Å². The molecular formula is C17H18ClF3N4O2. The predicted molar refractivity (Wildman–Crippen MR) is 93.4 cm³/mol. The second-order valence-corrected chi connectivity index (χ2v) is 7.59. The van der Waals surface area contributed by atoms with Crippen molar-refractivity contribution in [1.29, 1.82) is 0 Å². The molecule has 1 amide bonds. The lowest BCUT2D eigenvalue weighted by Gasteiger charge is -2.29. The summed E-state index contributed by atoms with van der Waals surface area (Å²) in [6.45, 7) is 6.07. The molecule has 0 aromatic carbocycles. The van der Waals surface area contributed by atoms with Crippen molar-refractivity contribution >= 4 is 28.9 Å². The van der Waals surface area contributed by atoms with Gasteiger partial charge in [0.2, 0.25) is 0 Å². The summed E-state index contributed by atoms with van der Waals surface area (Å²) in [6, 6.07) is 0.828. The maximum atomic E-state index is 12.9. The molecule has 6 nitrogen and oxygen atoms in total. The Balaban J connectivity index is 1.82. The van der Waals surface area contributed by atoms with Gasteiger partial charge in [-0.05, 0) is 38.8 Å². The monoisotopic (exact) mass is 402 g/mol. The Morgan fingerprint density at radius 2 is 2.00 bits per heavy atom. The summed E-state index contributed by atoms with van der Waals surface area (Å²) in [6.07, 6.45) is -1.87. The fraction of sp³-hybridized carbons (Fsp3) is 0.471. The van der Waals surface area contributed by atoms with E-state index in [9.17, 15) is 18.0 Å². The van der Waals surface area contributed by atoms with Gasteiger partial charge in [0.25, 0.3) is 0 Å². The van der Waals surface area contributed by atoms with Crippen LogP contribution < -0.4 is 0 Å². The van der Waals surface area contributed by atoms with Crippen LogP contribution in [-0.4, -0.2) is 44.3 Å². The van der Waals surface area contributed by atoms with Crippen molar-refractivity contribution in [2.75, 3.05) is 13.1 Å². The van der Waals surface area contributed by atoms with Crippen molar-refractivity contribution in [2.45, 2.75) is 39.0 Å². The number of hydrogen-bond donors (Lipinski definition) is 0. The molecule has 0 N–H and O–H groups in total. The lowest BCUT2D eigenvalue weighted by atomic mass is 10.1. The molecule has 0 radical (unpaired) electrons. The van der Waals surface area contributed by atoms with E-state index in [1.807, 2.05) is 0 Å². The average Bonchev–Trinajstić information content (AvgIpc) is 2.97. The van der Waals surface area contributed by atoms with Gasteiger partial charge >= 0.3 is 12.3 Å². The predicted octanol–water partition coefficient (Wildman–Crippen LogP) is 4.43. The number of amides is 1. The maximum absolute atomic E-state index is 12.9. The molecular weight excluding hydrogens is 385 g/mol. The zero-order valence-electron chi connectivity index (χ0n) is 15.0. The van der Waals surface area contributed by atoms with Crippen molar-refractivity contribution in [3.63, 3.8) is 0 Å². The Morgan fingerprint density at radius 3 is 2.56 bits per heavy atom. The molecule has 0 spiro atoms. The number of hydrogen-bond acceptors (Lipinski definition) is 4. The van der Waals surface area contributed by atoms with Gasteiger partial charge in [0.1, 0.15) is 5.60 Å². The molecule has 1 aliphatic heterocycles. The largest absolute Gasteiger partial charge is 0.444 e. The van der Waals surface area contributed by atoms with Gasteiger partial charge in [0.15, 0.2) is 11.5 Å². The van der Waals surface area contributed by atoms with Crippen molar-refractivity contribution in [2.24, 2.45) is 0 Å². The van der Waals surface area contributed by atoms with Gasteiger partial charge in [0.05, 0.1) is 10.6 Å². The highest BCUT2D eigenvalue weighted by Gasteiger charge is 2.32. The molecule has 27 heavy (non-hydrogen) atoms. The number of fused-ring (bicyclic) bond motifs is 1. The third kappa shape index (κ3) is 4.35. The van der Waals surface area contributed by atoms with Gasteiger partial charge in [-0.1, -0.05) is 17.7 Å². The molecule has 0 atom stereocenters. The zero-order chi connectivity index (χ0) is 20.0. The minimum atomic E-state index is -4.53. The van der Waals surface area contributed by atoms with Crippen molar-refractivity contribution in [1.82, 2.24) is 19.5 Å². The quantitative estimate of drug-likeness (QED) is 0.708. The van der Waals surface area contributed by atoms with E-state index < -0.39 is 23.4 Å². The van der Waals surface area contributed by atoms with E-state index in [1.165, 1.54) is 0 Å². The number of ether oxygens (including phenoxy) is 1. The lowest BCUT2D eigenvalue weighted by Crippen LogP contribution is -2.39. The smallest absolute Gasteiger partial charge is 0.417 e. The van der Waals surface area contributed by atoms with E-state index in [0.29, 0.717) is 25.3 Å². The highest BCUT2D eigenvalue weighted by Crippen LogP contribution is 2.32. The van der Waals surface area contributed by atoms with Crippen LogP contribution in [-0.2, 0) is 10.9 Å². The Morgan fingerprint density at radius 1 is 1.30 bits per heavy atom. The Kier molecular flexibility index (Phi) is 4.83. The van der Waals surface area contributed by atoms with Crippen molar-refractivity contribution in [3.8, 4) is 0 Å². The van der Waals surface area contributed by atoms with Crippen LogP contribution >= 0.6 is 11.6 Å². The van der Waals surface area contributed by atoms with Crippen molar-refractivity contribution < 1.29 is 22.7 Å². The van der Waals surface area contributed by atoms with Crippen LogP contribution in [0.5, 0.6) is 0 Å². The lowest BCUT2D eigenvalue weighted by molar-refractivity contribution is -0.137. The molecule has 0 saturated heterocycles. The van der Waals surface area contributed by atoms with Crippen LogP contribution in [0, 0.1) is 0 Å². The number of halogens is 4. The first-order valence-corrected chi connectivity index (χ1v) is 8.62. The van der Waals surface area contributed by atoms with Crippen LogP contribution in [0.2, 0.25) is 5.02 Å². The molecule has 0 fully saturated rings.